The van der Waals surface area contributed by atoms with E-state index in [0.29, 0.717) is 12.1 Å². The van der Waals surface area contributed by atoms with Crippen LogP contribution in [0.4, 0.5) is 10.1 Å². The summed E-state index contributed by atoms with van der Waals surface area (Å²) in [6.07, 6.45) is 7.10. The van der Waals surface area contributed by atoms with Crippen molar-refractivity contribution in [3.63, 3.8) is 0 Å². The fourth-order valence-corrected chi connectivity index (χ4v) is 5.23. The van der Waals surface area contributed by atoms with Crippen LogP contribution in [0.15, 0.2) is 35.4 Å². The highest BCUT2D eigenvalue weighted by Crippen LogP contribution is 2.26. The first kappa shape index (κ1) is 22.2. The average Bonchev–Trinajstić information content (AvgIpc) is 3.58. The number of rotatable bonds is 5. The van der Waals surface area contributed by atoms with E-state index < -0.39 is 6.17 Å². The Balaban J connectivity index is 1.07. The smallest absolute Gasteiger partial charge is 0.270 e. The molecule has 1 saturated heterocycles. The van der Waals surface area contributed by atoms with Gasteiger partial charge in [0.1, 0.15) is 11.9 Å². The van der Waals surface area contributed by atoms with Crippen molar-refractivity contribution >= 4 is 22.6 Å². The molecule has 1 amide bonds. The van der Waals surface area contributed by atoms with Crippen LogP contribution < -0.4 is 15.8 Å². The summed E-state index contributed by atoms with van der Waals surface area (Å²) >= 11 is 0. The second kappa shape index (κ2) is 9.03. The molecule has 0 bridgehead atoms. The number of amides is 1. The maximum Gasteiger partial charge on any atom is 0.270 e. The molecule has 182 valence electrons. The second-order valence-corrected chi connectivity index (χ2v) is 9.85. The first-order valence-electron chi connectivity index (χ1n) is 12.5. The number of carbonyl (C=O) groups excluding carboxylic acids is 1. The van der Waals surface area contributed by atoms with Crippen LogP contribution in [0.3, 0.4) is 0 Å². The molecule has 0 spiro atoms. The fourth-order valence-electron chi connectivity index (χ4n) is 5.23. The van der Waals surface area contributed by atoms with Crippen molar-refractivity contribution in [2.45, 2.75) is 50.9 Å². The molecule has 1 aliphatic heterocycles. The number of halogens is 1. The standard InChI is InChI=1S/C26H29FN6O2/c27-20-12-22(20)30-26(35)21-6-5-17(14-28-21)33-9-7-32(8-10-33)15-16-11-23-24(29-13-16)18-3-1-2-4-19(18)25(34)31-23/h5-6,11,13-14,20,22H,1-4,7-10,12,15H2,(H,30,35)(H,31,34). The van der Waals surface area contributed by atoms with E-state index in [2.05, 4.69) is 31.2 Å². The second-order valence-electron chi connectivity index (χ2n) is 9.85. The number of H-pyrrole nitrogens is 1. The van der Waals surface area contributed by atoms with E-state index in [4.69, 9.17) is 4.98 Å². The van der Waals surface area contributed by atoms with Gasteiger partial charge in [-0.2, -0.15) is 0 Å². The highest BCUT2D eigenvalue weighted by molar-refractivity contribution is 5.93. The van der Waals surface area contributed by atoms with Crippen molar-refractivity contribution in [3.8, 4) is 0 Å². The number of anilines is 1. The number of alkyl halides is 1. The van der Waals surface area contributed by atoms with Crippen molar-refractivity contribution in [1.29, 1.82) is 0 Å². The van der Waals surface area contributed by atoms with Gasteiger partial charge in [0.25, 0.3) is 11.5 Å². The Morgan fingerprint density at radius 2 is 1.86 bits per heavy atom. The molecule has 0 aromatic carbocycles. The molecule has 6 rings (SSSR count). The van der Waals surface area contributed by atoms with Crippen LogP contribution in [0.25, 0.3) is 11.0 Å². The number of nitrogens with zero attached hydrogens (tertiary/aromatic N) is 4. The molecule has 2 N–H and O–H groups in total. The summed E-state index contributed by atoms with van der Waals surface area (Å²) in [6, 6.07) is 5.32. The predicted molar refractivity (Wildman–Crippen MR) is 131 cm³/mol. The van der Waals surface area contributed by atoms with Crippen LogP contribution in [-0.2, 0) is 19.4 Å². The van der Waals surface area contributed by atoms with Crippen LogP contribution in [0.1, 0.15) is 46.4 Å². The zero-order chi connectivity index (χ0) is 23.9. The van der Waals surface area contributed by atoms with E-state index in [9.17, 15) is 14.0 Å². The van der Waals surface area contributed by atoms with Gasteiger partial charge in [-0.25, -0.2) is 9.37 Å². The Labute approximate surface area is 202 Å². The summed E-state index contributed by atoms with van der Waals surface area (Å²) in [4.78, 5) is 41.4. The third kappa shape index (κ3) is 4.52. The Morgan fingerprint density at radius 1 is 1.09 bits per heavy atom. The molecule has 8 nitrogen and oxygen atoms in total. The molecular weight excluding hydrogens is 447 g/mol. The molecule has 9 heteroatoms. The minimum Gasteiger partial charge on any atom is -0.368 e. The summed E-state index contributed by atoms with van der Waals surface area (Å²) in [6.45, 7) is 4.26. The lowest BCUT2D eigenvalue weighted by molar-refractivity contribution is 0.0942. The number of fused-ring (bicyclic) bond motifs is 3. The number of hydrogen-bond donors (Lipinski definition) is 2. The molecule has 1 saturated carbocycles. The fraction of sp³-hybridized carbons (Fsp3) is 0.462. The van der Waals surface area contributed by atoms with E-state index in [-0.39, 0.29) is 17.5 Å². The molecular formula is C26H29FN6O2. The van der Waals surface area contributed by atoms with Gasteiger partial charge in [-0.15, -0.1) is 0 Å². The molecule has 3 aliphatic rings. The molecule has 2 atom stereocenters. The summed E-state index contributed by atoms with van der Waals surface area (Å²) < 4.78 is 13.0. The summed E-state index contributed by atoms with van der Waals surface area (Å²) in [5, 5.41) is 2.66. The molecule has 3 aromatic heterocycles. The third-order valence-electron chi connectivity index (χ3n) is 7.37. The van der Waals surface area contributed by atoms with Gasteiger partial charge in [0.2, 0.25) is 0 Å². The first-order valence-corrected chi connectivity index (χ1v) is 12.5. The molecule has 2 fully saturated rings. The highest BCUT2D eigenvalue weighted by Gasteiger charge is 2.39. The van der Waals surface area contributed by atoms with Crippen molar-refractivity contribution < 1.29 is 9.18 Å². The number of hydrogen-bond acceptors (Lipinski definition) is 6. The van der Waals surface area contributed by atoms with Gasteiger partial charge in [0.05, 0.1) is 29.0 Å². The molecule has 4 heterocycles. The summed E-state index contributed by atoms with van der Waals surface area (Å²) in [5.41, 5.74) is 6.26. The third-order valence-corrected chi connectivity index (χ3v) is 7.37. The Bertz CT molecular complexity index is 1320. The van der Waals surface area contributed by atoms with Crippen LogP contribution in [-0.4, -0.2) is 64.2 Å². The average molecular weight is 477 g/mol. The van der Waals surface area contributed by atoms with Gasteiger partial charge >= 0.3 is 0 Å². The van der Waals surface area contributed by atoms with Crippen LogP contribution in [0.2, 0.25) is 0 Å². The van der Waals surface area contributed by atoms with Crippen molar-refractivity contribution in [1.82, 2.24) is 25.2 Å². The van der Waals surface area contributed by atoms with E-state index >= 15 is 0 Å². The van der Waals surface area contributed by atoms with E-state index in [1.54, 1.807) is 12.3 Å². The summed E-state index contributed by atoms with van der Waals surface area (Å²) in [5.74, 6) is -0.322. The minimum absolute atomic E-state index is 0.0380. The van der Waals surface area contributed by atoms with Crippen molar-refractivity contribution in [2.75, 3.05) is 31.1 Å². The molecule has 35 heavy (non-hydrogen) atoms. The SMILES string of the molecule is O=C(NC1CC1F)c1ccc(N2CCN(Cc3cnc4c5c(c(=O)[nH]c4c3)CCCC5)CC2)cn1. The Hall–Kier alpha value is -3.33. The van der Waals surface area contributed by atoms with Crippen LogP contribution in [0.5, 0.6) is 0 Å². The number of nitrogens with one attached hydrogen (secondary N) is 2. The monoisotopic (exact) mass is 476 g/mol. The van der Waals surface area contributed by atoms with Gasteiger partial charge in [-0.3, -0.25) is 19.5 Å². The normalized spacial score (nSPS) is 22.1. The topological polar surface area (TPSA) is 94.2 Å². The number of piperazine rings is 1. The number of aromatic nitrogens is 3. The van der Waals surface area contributed by atoms with Crippen molar-refractivity contribution in [3.05, 3.63) is 63.3 Å². The maximum atomic E-state index is 13.0. The lowest BCUT2D eigenvalue weighted by atomic mass is 9.91. The van der Waals surface area contributed by atoms with Gasteiger partial charge in [-0.1, -0.05) is 0 Å². The van der Waals surface area contributed by atoms with Crippen molar-refractivity contribution in [2.24, 2.45) is 0 Å². The first-order chi connectivity index (χ1) is 17.0. The Morgan fingerprint density at radius 3 is 2.57 bits per heavy atom. The largest absolute Gasteiger partial charge is 0.368 e. The molecule has 3 aromatic rings. The lowest BCUT2D eigenvalue weighted by Crippen LogP contribution is -2.46. The van der Waals surface area contributed by atoms with Crippen LogP contribution >= 0.6 is 0 Å². The van der Waals surface area contributed by atoms with E-state index in [0.717, 1.165) is 91.8 Å². The van der Waals surface area contributed by atoms with Gasteiger partial charge in [0.15, 0.2) is 0 Å². The lowest BCUT2D eigenvalue weighted by Gasteiger charge is -2.36. The maximum absolute atomic E-state index is 13.0. The zero-order valence-corrected chi connectivity index (χ0v) is 19.6. The summed E-state index contributed by atoms with van der Waals surface area (Å²) in [7, 11) is 0. The zero-order valence-electron chi connectivity index (χ0n) is 19.6. The van der Waals surface area contributed by atoms with Gasteiger partial charge in [0, 0.05) is 50.9 Å². The van der Waals surface area contributed by atoms with Gasteiger partial charge in [-0.05, 0) is 55.0 Å². The minimum atomic E-state index is -0.924. The molecule has 2 aliphatic carbocycles. The van der Waals surface area contributed by atoms with E-state index in [1.807, 2.05) is 12.3 Å². The number of pyridine rings is 3. The quantitative estimate of drug-likeness (QED) is 0.587. The molecule has 0 radical (unpaired) electrons. The molecule has 2 unspecified atom stereocenters. The highest BCUT2D eigenvalue weighted by atomic mass is 19.1. The Kier molecular flexibility index (Phi) is 5.72. The van der Waals surface area contributed by atoms with E-state index in [1.165, 1.54) is 0 Å². The number of aryl methyl sites for hydroxylation is 1. The number of carbonyl (C=O) groups is 1. The van der Waals surface area contributed by atoms with Crippen LogP contribution in [0, 0.1) is 0 Å². The predicted octanol–water partition coefficient (Wildman–Crippen LogP) is 2.36. The van der Waals surface area contributed by atoms with Gasteiger partial charge < -0.3 is 15.2 Å². The number of aromatic amines is 1.